The number of sulfonamides is 1. The van der Waals surface area contributed by atoms with Crippen LogP contribution in [-0.2, 0) is 14.8 Å². The van der Waals surface area contributed by atoms with Gasteiger partial charge in [-0.15, -0.1) is 0 Å². The summed E-state index contributed by atoms with van der Waals surface area (Å²) >= 11 is 0. The van der Waals surface area contributed by atoms with Gasteiger partial charge in [-0.05, 0) is 25.0 Å². The summed E-state index contributed by atoms with van der Waals surface area (Å²) in [6.07, 6.45) is 3.11. The maximum absolute atomic E-state index is 12.1. The molecule has 1 heterocycles. The highest BCUT2D eigenvalue weighted by Gasteiger charge is 2.25. The molecule has 0 unspecified atom stereocenters. The molecule has 1 fully saturated rings. The molecule has 104 valence electrons. The summed E-state index contributed by atoms with van der Waals surface area (Å²) in [4.78, 5) is 13.8. The molecule has 1 aromatic rings. The van der Waals surface area contributed by atoms with Crippen molar-refractivity contribution in [1.82, 2.24) is 4.90 Å². The van der Waals surface area contributed by atoms with Crippen molar-refractivity contribution in [2.45, 2.75) is 12.8 Å². The third kappa shape index (κ3) is 3.47. The number of para-hydroxylation sites is 1. The van der Waals surface area contributed by atoms with Gasteiger partial charge >= 0.3 is 0 Å². The van der Waals surface area contributed by atoms with E-state index in [0.717, 1.165) is 36.5 Å². The molecule has 0 radical (unpaired) electrons. The lowest BCUT2D eigenvalue weighted by Crippen LogP contribution is -2.41. The minimum absolute atomic E-state index is 0.122. The second-order valence-corrected chi connectivity index (χ2v) is 6.60. The average molecular weight is 282 g/mol. The van der Waals surface area contributed by atoms with E-state index in [1.165, 1.54) is 0 Å². The van der Waals surface area contributed by atoms with E-state index in [0.29, 0.717) is 5.69 Å². The Labute approximate surface area is 113 Å². The summed E-state index contributed by atoms with van der Waals surface area (Å²) in [5.74, 6) is -0.133. The van der Waals surface area contributed by atoms with Crippen molar-refractivity contribution in [1.29, 1.82) is 0 Å². The molecule has 0 aromatic heterocycles. The normalized spacial score (nSPS) is 15.5. The zero-order chi connectivity index (χ0) is 13.9. The largest absolute Gasteiger partial charge is 0.341 e. The molecular weight excluding hydrogens is 264 g/mol. The third-order valence-corrected chi connectivity index (χ3v) is 4.32. The molecule has 0 N–H and O–H groups in total. The SMILES string of the molecule is CS(=O)(=O)N(CC(=O)N1CCCC1)c1ccccc1. The van der Waals surface area contributed by atoms with Gasteiger partial charge in [0.05, 0.1) is 11.9 Å². The Kier molecular flexibility index (Phi) is 4.09. The van der Waals surface area contributed by atoms with Gasteiger partial charge in [0, 0.05) is 13.1 Å². The fourth-order valence-electron chi connectivity index (χ4n) is 2.18. The zero-order valence-corrected chi connectivity index (χ0v) is 11.8. The molecule has 1 aliphatic heterocycles. The minimum Gasteiger partial charge on any atom is -0.341 e. The number of amides is 1. The molecule has 6 heteroatoms. The van der Waals surface area contributed by atoms with Gasteiger partial charge in [-0.1, -0.05) is 18.2 Å². The van der Waals surface area contributed by atoms with Crippen LogP contribution < -0.4 is 4.31 Å². The first kappa shape index (κ1) is 13.9. The second kappa shape index (κ2) is 5.61. The van der Waals surface area contributed by atoms with Crippen LogP contribution in [-0.4, -0.2) is 45.1 Å². The first-order valence-electron chi connectivity index (χ1n) is 6.29. The molecule has 1 aliphatic rings. The molecule has 1 amide bonds. The number of carbonyl (C=O) groups is 1. The number of nitrogens with zero attached hydrogens (tertiary/aromatic N) is 2. The van der Waals surface area contributed by atoms with Crippen LogP contribution in [0.25, 0.3) is 0 Å². The molecule has 0 saturated carbocycles. The molecule has 1 aromatic carbocycles. The van der Waals surface area contributed by atoms with Gasteiger partial charge in [-0.2, -0.15) is 0 Å². The van der Waals surface area contributed by atoms with E-state index >= 15 is 0 Å². The Balaban J connectivity index is 2.18. The lowest BCUT2D eigenvalue weighted by molar-refractivity contribution is -0.128. The van der Waals surface area contributed by atoms with Crippen LogP contribution in [0.1, 0.15) is 12.8 Å². The monoisotopic (exact) mass is 282 g/mol. The van der Waals surface area contributed by atoms with E-state index in [1.807, 2.05) is 6.07 Å². The number of likely N-dealkylation sites (tertiary alicyclic amines) is 1. The quantitative estimate of drug-likeness (QED) is 0.830. The van der Waals surface area contributed by atoms with Crippen LogP contribution in [0.3, 0.4) is 0 Å². The topological polar surface area (TPSA) is 57.7 Å². The highest BCUT2D eigenvalue weighted by atomic mass is 32.2. The lowest BCUT2D eigenvalue weighted by atomic mass is 10.3. The summed E-state index contributed by atoms with van der Waals surface area (Å²) in [7, 11) is -3.46. The summed E-state index contributed by atoms with van der Waals surface area (Å²) in [6.45, 7) is 1.33. The predicted molar refractivity (Wildman–Crippen MR) is 74.4 cm³/mol. The summed E-state index contributed by atoms with van der Waals surface area (Å²) < 4.78 is 24.8. The van der Waals surface area contributed by atoms with E-state index in [2.05, 4.69) is 0 Å². The summed E-state index contributed by atoms with van der Waals surface area (Å²) in [5, 5.41) is 0. The molecule has 0 spiro atoms. The maximum Gasteiger partial charge on any atom is 0.243 e. The summed E-state index contributed by atoms with van der Waals surface area (Å²) in [5.41, 5.74) is 0.526. The number of carbonyl (C=O) groups excluding carboxylic acids is 1. The van der Waals surface area contributed by atoms with Crippen LogP contribution in [0.4, 0.5) is 5.69 Å². The second-order valence-electron chi connectivity index (χ2n) is 4.69. The maximum atomic E-state index is 12.1. The van der Waals surface area contributed by atoms with Crippen molar-refractivity contribution in [2.75, 3.05) is 30.2 Å². The first-order valence-corrected chi connectivity index (χ1v) is 8.14. The zero-order valence-electron chi connectivity index (χ0n) is 10.9. The fourth-order valence-corrected chi connectivity index (χ4v) is 3.03. The molecule has 19 heavy (non-hydrogen) atoms. The van der Waals surface area contributed by atoms with Crippen molar-refractivity contribution in [2.24, 2.45) is 0 Å². The third-order valence-electron chi connectivity index (χ3n) is 3.18. The van der Waals surface area contributed by atoms with Gasteiger partial charge < -0.3 is 4.90 Å². The minimum atomic E-state index is -3.46. The first-order chi connectivity index (χ1) is 8.98. The van der Waals surface area contributed by atoms with Crippen LogP contribution in [0.2, 0.25) is 0 Å². The highest BCUT2D eigenvalue weighted by Crippen LogP contribution is 2.17. The Morgan fingerprint density at radius 3 is 2.32 bits per heavy atom. The fraction of sp³-hybridized carbons (Fsp3) is 0.462. The van der Waals surface area contributed by atoms with Gasteiger partial charge in [-0.3, -0.25) is 9.10 Å². The van der Waals surface area contributed by atoms with Crippen molar-refractivity contribution >= 4 is 21.6 Å². The number of hydrogen-bond acceptors (Lipinski definition) is 3. The Morgan fingerprint density at radius 2 is 1.79 bits per heavy atom. The highest BCUT2D eigenvalue weighted by molar-refractivity contribution is 7.92. The number of benzene rings is 1. The predicted octanol–water partition coefficient (Wildman–Crippen LogP) is 1.07. The standard InChI is InChI=1S/C13H18N2O3S/c1-19(17,18)15(12-7-3-2-4-8-12)11-13(16)14-9-5-6-10-14/h2-4,7-8H,5-6,9-11H2,1H3. The molecule has 0 aliphatic carbocycles. The number of rotatable bonds is 4. The van der Waals surface area contributed by atoms with Gasteiger partial charge in [0.25, 0.3) is 0 Å². The Bertz CT molecular complexity index is 536. The smallest absolute Gasteiger partial charge is 0.243 e. The van der Waals surface area contributed by atoms with Crippen LogP contribution in [0, 0.1) is 0 Å². The number of hydrogen-bond donors (Lipinski definition) is 0. The van der Waals surface area contributed by atoms with Gasteiger partial charge in [0.1, 0.15) is 6.54 Å². The van der Waals surface area contributed by atoms with E-state index < -0.39 is 10.0 Å². The van der Waals surface area contributed by atoms with Gasteiger partial charge in [0.15, 0.2) is 0 Å². The van der Waals surface area contributed by atoms with Crippen molar-refractivity contribution in [3.8, 4) is 0 Å². The molecule has 5 nitrogen and oxygen atoms in total. The van der Waals surface area contributed by atoms with E-state index in [9.17, 15) is 13.2 Å². The van der Waals surface area contributed by atoms with Crippen molar-refractivity contribution in [3.05, 3.63) is 30.3 Å². The lowest BCUT2D eigenvalue weighted by Gasteiger charge is -2.24. The number of anilines is 1. The molecular formula is C13H18N2O3S. The van der Waals surface area contributed by atoms with E-state index in [-0.39, 0.29) is 12.5 Å². The Hall–Kier alpha value is -1.56. The summed E-state index contributed by atoms with van der Waals surface area (Å²) in [6, 6.07) is 8.71. The Morgan fingerprint density at radius 1 is 1.21 bits per heavy atom. The molecule has 2 rings (SSSR count). The van der Waals surface area contributed by atoms with Crippen LogP contribution >= 0.6 is 0 Å². The van der Waals surface area contributed by atoms with Crippen molar-refractivity contribution < 1.29 is 13.2 Å². The molecule has 0 bridgehead atoms. The van der Waals surface area contributed by atoms with Crippen LogP contribution in [0.15, 0.2) is 30.3 Å². The molecule has 1 saturated heterocycles. The van der Waals surface area contributed by atoms with E-state index in [4.69, 9.17) is 0 Å². The van der Waals surface area contributed by atoms with E-state index in [1.54, 1.807) is 29.2 Å². The average Bonchev–Trinajstić information content (AvgIpc) is 2.89. The van der Waals surface area contributed by atoms with Crippen LogP contribution in [0.5, 0.6) is 0 Å². The van der Waals surface area contributed by atoms with Gasteiger partial charge in [-0.25, -0.2) is 8.42 Å². The van der Waals surface area contributed by atoms with Gasteiger partial charge in [0.2, 0.25) is 15.9 Å². The molecule has 0 atom stereocenters. The van der Waals surface area contributed by atoms with Crippen molar-refractivity contribution in [3.63, 3.8) is 0 Å².